The number of hydrogen-bond donors (Lipinski definition) is 2. The molecule has 4 aliphatic rings. The number of allylic oxidation sites excluding steroid dienone is 1. The molecule has 110 valence electrons. The highest BCUT2D eigenvalue weighted by Crippen LogP contribution is 2.65. The number of phenols is 2. The lowest BCUT2D eigenvalue weighted by Gasteiger charge is -2.39. The van der Waals surface area contributed by atoms with Gasteiger partial charge in [-0.25, -0.2) is 10.1 Å². The van der Waals surface area contributed by atoms with Crippen molar-refractivity contribution in [3.05, 3.63) is 32.5 Å². The van der Waals surface area contributed by atoms with Gasteiger partial charge in [0, 0.05) is 11.1 Å². The summed E-state index contributed by atoms with van der Waals surface area (Å²) in [6.45, 7) is 7.07. The molecule has 1 aromatic rings. The van der Waals surface area contributed by atoms with Crippen molar-refractivity contribution in [2.75, 3.05) is 0 Å². The van der Waals surface area contributed by atoms with Gasteiger partial charge in [0.05, 0.1) is 26.7 Å². The number of aromatic hydroxyl groups is 2. The highest BCUT2D eigenvalue weighted by atomic mass is 32.2. The summed E-state index contributed by atoms with van der Waals surface area (Å²) in [5.41, 5.74) is 1.84. The third kappa shape index (κ3) is 1.71. The molecule has 0 radical (unpaired) electrons. The molecule has 0 spiro atoms. The van der Waals surface area contributed by atoms with Gasteiger partial charge >= 0.3 is 0 Å². The largest absolute Gasteiger partial charge is 0.506 e. The van der Waals surface area contributed by atoms with E-state index in [-0.39, 0.29) is 17.2 Å². The normalized spacial score (nSPS) is 24.4. The van der Waals surface area contributed by atoms with E-state index in [0.29, 0.717) is 25.9 Å². The molecule has 1 saturated carbocycles. The molecule has 1 aliphatic heterocycles. The minimum absolute atomic E-state index is 0.0194. The van der Waals surface area contributed by atoms with E-state index in [2.05, 4.69) is 4.85 Å². The Morgan fingerprint density at radius 2 is 1.50 bits per heavy atom. The van der Waals surface area contributed by atoms with E-state index in [0.717, 1.165) is 36.8 Å². The first kappa shape index (κ1) is 13.9. The van der Waals surface area contributed by atoms with Crippen LogP contribution in [0.4, 0.5) is 0 Å². The van der Waals surface area contributed by atoms with Crippen LogP contribution < -0.4 is 0 Å². The van der Waals surface area contributed by atoms with E-state index >= 15 is 0 Å². The van der Waals surface area contributed by atoms with Crippen LogP contribution in [0.25, 0.3) is 4.85 Å². The van der Waals surface area contributed by atoms with Gasteiger partial charge in [0.25, 0.3) is 5.70 Å². The van der Waals surface area contributed by atoms with Gasteiger partial charge in [-0.05, 0) is 37.5 Å². The molecular weight excluding hydrogens is 316 g/mol. The Hall–Kier alpha value is -1.76. The van der Waals surface area contributed by atoms with Crippen LogP contribution in [0.15, 0.2) is 19.7 Å². The van der Waals surface area contributed by atoms with Crippen molar-refractivity contribution in [1.29, 1.82) is 5.26 Å². The van der Waals surface area contributed by atoms with Gasteiger partial charge in [-0.15, -0.1) is 0 Å². The predicted octanol–water partition coefficient (Wildman–Crippen LogP) is 4.66. The number of hydrogen-bond acceptors (Lipinski definition) is 5. The van der Waals surface area contributed by atoms with Gasteiger partial charge in [0.15, 0.2) is 0 Å². The first-order valence-corrected chi connectivity index (χ1v) is 8.78. The topological polar surface area (TPSA) is 68.6 Å². The fourth-order valence-electron chi connectivity index (χ4n) is 3.82. The van der Waals surface area contributed by atoms with Gasteiger partial charge in [-0.1, -0.05) is 23.5 Å². The Labute approximate surface area is 136 Å². The first-order valence-electron chi connectivity index (χ1n) is 7.14. The summed E-state index contributed by atoms with van der Waals surface area (Å²) in [5, 5.41) is 30.5. The van der Waals surface area contributed by atoms with E-state index in [1.165, 1.54) is 23.5 Å². The molecule has 2 bridgehead atoms. The van der Waals surface area contributed by atoms with Gasteiger partial charge in [0.2, 0.25) is 0 Å². The molecule has 1 fully saturated rings. The molecule has 1 heterocycles. The maximum absolute atomic E-state index is 10.7. The average Bonchev–Trinajstić information content (AvgIpc) is 3.00. The summed E-state index contributed by atoms with van der Waals surface area (Å²) in [7, 11) is 0. The molecule has 2 N–H and O–H groups in total. The van der Waals surface area contributed by atoms with Crippen LogP contribution in [0.2, 0.25) is 0 Å². The van der Waals surface area contributed by atoms with E-state index in [4.69, 9.17) is 11.8 Å². The zero-order valence-corrected chi connectivity index (χ0v) is 13.2. The lowest BCUT2D eigenvalue weighted by molar-refractivity contribution is 0.321. The molecule has 1 aromatic carbocycles. The van der Waals surface area contributed by atoms with Crippen LogP contribution in [-0.4, -0.2) is 10.2 Å². The number of nitrogens with zero attached hydrogens (tertiary/aromatic N) is 2. The number of rotatable bonds is 0. The Morgan fingerprint density at radius 1 is 1.05 bits per heavy atom. The quantitative estimate of drug-likeness (QED) is 0.412. The van der Waals surface area contributed by atoms with E-state index in [1.54, 1.807) is 0 Å². The summed E-state index contributed by atoms with van der Waals surface area (Å²) in [6.07, 6.45) is 4.26. The lowest BCUT2D eigenvalue weighted by atomic mass is 9.66. The van der Waals surface area contributed by atoms with Crippen LogP contribution in [0, 0.1) is 17.9 Å². The van der Waals surface area contributed by atoms with Crippen LogP contribution in [0.1, 0.15) is 48.6 Å². The number of thioether (sulfide) groups is 2. The number of phenolic OH excluding ortho intramolecular Hbond substituents is 2. The first-order chi connectivity index (χ1) is 10.7. The standard InChI is InChI=1S/C16H12N2O2S2/c1-18-9(6-17)16-21-14-12(19)10-7-2-3-8(5-4-7)11(10)13(20)15(14)22-16/h7-8,19-20H,2-5H2. The SMILES string of the molecule is [C-]#[N+]C(C#N)=C1Sc2c(O)c3c(c(O)c2S1)C1CCC3CC1. The molecular formula is C16H12N2O2S2. The van der Waals surface area contributed by atoms with Crippen molar-refractivity contribution in [2.45, 2.75) is 47.3 Å². The average molecular weight is 328 g/mol. The van der Waals surface area contributed by atoms with Gasteiger partial charge in [-0.3, -0.25) is 0 Å². The smallest absolute Gasteiger partial charge is 0.282 e. The number of nitriles is 1. The van der Waals surface area contributed by atoms with Gasteiger partial charge in [-0.2, -0.15) is 0 Å². The monoisotopic (exact) mass is 328 g/mol. The second-order valence-corrected chi connectivity index (χ2v) is 8.09. The summed E-state index contributed by atoms with van der Waals surface area (Å²) in [5.74, 6) is 1.16. The highest BCUT2D eigenvalue weighted by Gasteiger charge is 2.41. The molecule has 4 nitrogen and oxygen atoms in total. The van der Waals surface area contributed by atoms with Crippen LogP contribution in [0.5, 0.6) is 11.5 Å². The van der Waals surface area contributed by atoms with Crippen molar-refractivity contribution in [3.63, 3.8) is 0 Å². The molecule has 0 saturated heterocycles. The summed E-state index contributed by atoms with van der Waals surface area (Å²) in [4.78, 5) is 4.46. The highest BCUT2D eigenvalue weighted by molar-refractivity contribution is 8.24. The molecule has 6 heteroatoms. The third-order valence-electron chi connectivity index (χ3n) is 4.78. The lowest BCUT2D eigenvalue weighted by Crippen LogP contribution is -2.22. The van der Waals surface area contributed by atoms with Crippen LogP contribution in [0.3, 0.4) is 0 Å². The van der Waals surface area contributed by atoms with Gasteiger partial charge < -0.3 is 10.2 Å². The van der Waals surface area contributed by atoms with Crippen molar-refractivity contribution in [1.82, 2.24) is 0 Å². The number of benzene rings is 1. The summed E-state index contributed by atoms with van der Waals surface area (Å²) >= 11 is 2.46. The Balaban J connectivity index is 1.94. The van der Waals surface area contributed by atoms with Gasteiger partial charge in [0.1, 0.15) is 11.5 Å². The molecule has 0 amide bonds. The zero-order valence-electron chi connectivity index (χ0n) is 11.6. The summed E-state index contributed by atoms with van der Waals surface area (Å²) in [6, 6.07) is 1.89. The Bertz CT molecular complexity index is 744. The third-order valence-corrected chi connectivity index (χ3v) is 7.37. The van der Waals surface area contributed by atoms with Crippen molar-refractivity contribution in [3.8, 4) is 17.6 Å². The van der Waals surface area contributed by atoms with Crippen LogP contribution in [-0.2, 0) is 0 Å². The maximum Gasteiger partial charge on any atom is 0.282 e. The maximum atomic E-state index is 10.7. The Morgan fingerprint density at radius 3 is 1.86 bits per heavy atom. The van der Waals surface area contributed by atoms with E-state index < -0.39 is 0 Å². The Kier molecular flexibility index (Phi) is 3.07. The second-order valence-electron chi connectivity index (χ2n) is 5.80. The molecule has 22 heavy (non-hydrogen) atoms. The zero-order chi connectivity index (χ0) is 15.4. The van der Waals surface area contributed by atoms with Crippen molar-refractivity contribution in [2.24, 2.45) is 0 Å². The minimum Gasteiger partial charge on any atom is -0.506 e. The second kappa shape index (κ2) is 4.87. The van der Waals surface area contributed by atoms with Crippen molar-refractivity contribution < 1.29 is 10.2 Å². The predicted molar refractivity (Wildman–Crippen MR) is 84.7 cm³/mol. The van der Waals surface area contributed by atoms with E-state index in [9.17, 15) is 10.2 Å². The summed E-state index contributed by atoms with van der Waals surface area (Å²) < 4.78 is 0.549. The molecule has 5 rings (SSSR count). The fraction of sp³-hybridized carbons (Fsp3) is 0.375. The number of fused-ring (bicyclic) bond motifs is 3. The molecule has 0 atom stereocenters. The van der Waals surface area contributed by atoms with E-state index in [1.807, 2.05) is 6.07 Å². The minimum atomic E-state index is 0.0194. The van der Waals surface area contributed by atoms with Crippen molar-refractivity contribution >= 4 is 23.5 Å². The molecule has 0 unspecified atom stereocenters. The molecule has 3 aliphatic carbocycles. The fourth-order valence-corrected chi connectivity index (χ4v) is 6.28. The van der Waals surface area contributed by atoms with Crippen LogP contribution >= 0.6 is 23.5 Å². The molecule has 0 aromatic heterocycles.